The van der Waals surface area contributed by atoms with Crippen molar-refractivity contribution < 1.29 is 9.53 Å². The maximum atomic E-state index is 12.8. The Labute approximate surface area is 145 Å². The molecule has 0 saturated carbocycles. The molecule has 0 unspecified atom stereocenters. The molecule has 3 heteroatoms. The average Bonchev–Trinajstić information content (AvgIpc) is 2.56. The number of amides is 1. The third kappa shape index (κ3) is 4.16. The van der Waals surface area contributed by atoms with Gasteiger partial charge in [-0.1, -0.05) is 52.0 Å². The molecular weight excluding hydrogens is 298 g/mol. The molecule has 1 amide bonds. The third-order valence-corrected chi connectivity index (χ3v) is 4.04. The third-order valence-electron chi connectivity index (χ3n) is 4.04. The Morgan fingerprint density at radius 1 is 1.04 bits per heavy atom. The standard InChI is InChI=1S/C21H27NO2/c1-6-24-20-10-8-7-9-19(20)22-21(23)17-12-11-16(14(2)3)13-18(17)15(4)5/h7-15H,6H2,1-5H3,(H,22,23). The molecule has 0 bridgehead atoms. The zero-order valence-electron chi connectivity index (χ0n) is 15.2. The topological polar surface area (TPSA) is 38.3 Å². The summed E-state index contributed by atoms with van der Waals surface area (Å²) in [5.74, 6) is 1.32. The number of carbonyl (C=O) groups excluding carboxylic acids is 1. The van der Waals surface area contributed by atoms with Crippen LogP contribution in [0.2, 0.25) is 0 Å². The molecular formula is C21H27NO2. The maximum absolute atomic E-state index is 12.8. The van der Waals surface area contributed by atoms with Gasteiger partial charge in [0.25, 0.3) is 5.91 Å². The van der Waals surface area contributed by atoms with E-state index in [0.29, 0.717) is 24.0 Å². The molecule has 0 aromatic heterocycles. The predicted octanol–water partition coefficient (Wildman–Crippen LogP) is 5.58. The number of anilines is 1. The Hall–Kier alpha value is -2.29. The molecule has 3 nitrogen and oxygen atoms in total. The quantitative estimate of drug-likeness (QED) is 0.752. The molecule has 2 aromatic carbocycles. The van der Waals surface area contributed by atoms with Crippen molar-refractivity contribution in [2.24, 2.45) is 0 Å². The molecule has 2 aromatic rings. The van der Waals surface area contributed by atoms with E-state index >= 15 is 0 Å². The van der Waals surface area contributed by atoms with Gasteiger partial charge in [-0.3, -0.25) is 4.79 Å². The number of benzene rings is 2. The SMILES string of the molecule is CCOc1ccccc1NC(=O)c1ccc(C(C)C)cc1C(C)C. The van der Waals surface area contributed by atoms with E-state index in [2.05, 4.69) is 39.1 Å². The number of hydrogen-bond donors (Lipinski definition) is 1. The lowest BCUT2D eigenvalue weighted by Crippen LogP contribution is -2.16. The molecule has 0 atom stereocenters. The summed E-state index contributed by atoms with van der Waals surface area (Å²) in [6.07, 6.45) is 0. The van der Waals surface area contributed by atoms with E-state index in [-0.39, 0.29) is 11.8 Å². The lowest BCUT2D eigenvalue weighted by Gasteiger charge is -2.17. The summed E-state index contributed by atoms with van der Waals surface area (Å²) in [7, 11) is 0. The molecule has 2 rings (SSSR count). The summed E-state index contributed by atoms with van der Waals surface area (Å²) in [4.78, 5) is 12.8. The van der Waals surface area contributed by atoms with E-state index in [0.717, 1.165) is 11.1 Å². The van der Waals surface area contributed by atoms with Crippen LogP contribution in [-0.2, 0) is 0 Å². The maximum Gasteiger partial charge on any atom is 0.256 e. The number of hydrogen-bond acceptors (Lipinski definition) is 2. The lowest BCUT2D eigenvalue weighted by molar-refractivity contribution is 0.102. The zero-order valence-corrected chi connectivity index (χ0v) is 15.2. The fraction of sp³-hybridized carbons (Fsp3) is 0.381. The van der Waals surface area contributed by atoms with E-state index in [9.17, 15) is 4.79 Å². The van der Waals surface area contributed by atoms with Crippen molar-refractivity contribution in [3.05, 3.63) is 59.2 Å². The van der Waals surface area contributed by atoms with Crippen molar-refractivity contribution in [2.45, 2.75) is 46.5 Å². The fourth-order valence-electron chi connectivity index (χ4n) is 2.67. The van der Waals surface area contributed by atoms with Gasteiger partial charge in [0.1, 0.15) is 5.75 Å². The molecule has 24 heavy (non-hydrogen) atoms. The van der Waals surface area contributed by atoms with Crippen molar-refractivity contribution in [1.29, 1.82) is 0 Å². The monoisotopic (exact) mass is 325 g/mol. The van der Waals surface area contributed by atoms with Gasteiger partial charge in [-0.05, 0) is 48.1 Å². The van der Waals surface area contributed by atoms with Gasteiger partial charge >= 0.3 is 0 Å². The number of ether oxygens (including phenoxy) is 1. The molecule has 1 N–H and O–H groups in total. The molecule has 128 valence electrons. The van der Waals surface area contributed by atoms with E-state index < -0.39 is 0 Å². The van der Waals surface area contributed by atoms with Crippen molar-refractivity contribution in [1.82, 2.24) is 0 Å². The highest BCUT2D eigenvalue weighted by Crippen LogP contribution is 2.28. The van der Waals surface area contributed by atoms with Crippen LogP contribution in [0.3, 0.4) is 0 Å². The first-order valence-corrected chi connectivity index (χ1v) is 8.61. The van der Waals surface area contributed by atoms with Gasteiger partial charge in [0, 0.05) is 5.56 Å². The van der Waals surface area contributed by atoms with Crippen molar-refractivity contribution >= 4 is 11.6 Å². The lowest BCUT2D eigenvalue weighted by atomic mass is 9.91. The molecule has 0 radical (unpaired) electrons. The number of carbonyl (C=O) groups is 1. The molecule has 0 aliphatic rings. The Balaban J connectivity index is 2.33. The number of rotatable bonds is 6. The van der Waals surface area contributed by atoms with Crippen LogP contribution in [0.15, 0.2) is 42.5 Å². The molecule has 0 aliphatic carbocycles. The van der Waals surface area contributed by atoms with Gasteiger partial charge in [-0.2, -0.15) is 0 Å². The Morgan fingerprint density at radius 3 is 2.38 bits per heavy atom. The Kier molecular flexibility index (Phi) is 6.02. The number of nitrogens with one attached hydrogen (secondary N) is 1. The summed E-state index contributed by atoms with van der Waals surface area (Å²) < 4.78 is 5.59. The largest absolute Gasteiger partial charge is 0.492 e. The van der Waals surface area contributed by atoms with Gasteiger partial charge in [-0.15, -0.1) is 0 Å². The van der Waals surface area contributed by atoms with Crippen LogP contribution in [0, 0.1) is 0 Å². The van der Waals surface area contributed by atoms with Crippen LogP contribution in [0.25, 0.3) is 0 Å². The van der Waals surface area contributed by atoms with Crippen LogP contribution in [0.1, 0.15) is 67.9 Å². The van der Waals surface area contributed by atoms with Gasteiger partial charge in [0.05, 0.1) is 12.3 Å². The molecule has 0 fully saturated rings. The second-order valence-electron chi connectivity index (χ2n) is 6.54. The average molecular weight is 325 g/mol. The minimum absolute atomic E-state index is 0.0961. The normalized spacial score (nSPS) is 11.0. The summed E-state index contributed by atoms with van der Waals surface area (Å²) in [5, 5.41) is 2.99. The van der Waals surface area contributed by atoms with Crippen LogP contribution in [0.4, 0.5) is 5.69 Å². The van der Waals surface area contributed by atoms with Crippen molar-refractivity contribution in [3.63, 3.8) is 0 Å². The first kappa shape index (κ1) is 18.1. The van der Waals surface area contributed by atoms with Crippen LogP contribution < -0.4 is 10.1 Å². The second kappa shape index (κ2) is 8.00. The minimum Gasteiger partial charge on any atom is -0.492 e. The molecule has 0 saturated heterocycles. The first-order chi connectivity index (χ1) is 11.4. The summed E-state index contributed by atoms with van der Waals surface area (Å²) in [6.45, 7) is 11.1. The highest BCUT2D eigenvalue weighted by molar-refractivity contribution is 6.06. The summed E-state index contributed by atoms with van der Waals surface area (Å²) >= 11 is 0. The predicted molar refractivity (Wildman–Crippen MR) is 100 cm³/mol. The van der Waals surface area contributed by atoms with Gasteiger partial charge in [0.2, 0.25) is 0 Å². The Bertz CT molecular complexity index is 705. The summed E-state index contributed by atoms with van der Waals surface area (Å²) in [6, 6.07) is 13.6. The first-order valence-electron chi connectivity index (χ1n) is 8.61. The van der Waals surface area contributed by atoms with Crippen molar-refractivity contribution in [2.75, 3.05) is 11.9 Å². The summed E-state index contributed by atoms with van der Waals surface area (Å²) in [5.41, 5.74) is 3.75. The van der Waals surface area contributed by atoms with Gasteiger partial charge in [-0.25, -0.2) is 0 Å². The number of para-hydroxylation sites is 2. The van der Waals surface area contributed by atoms with Crippen LogP contribution in [-0.4, -0.2) is 12.5 Å². The molecule has 0 heterocycles. The van der Waals surface area contributed by atoms with E-state index in [1.54, 1.807) is 0 Å². The fourth-order valence-corrected chi connectivity index (χ4v) is 2.67. The van der Waals surface area contributed by atoms with Crippen LogP contribution in [0.5, 0.6) is 5.75 Å². The van der Waals surface area contributed by atoms with Crippen LogP contribution >= 0.6 is 0 Å². The Morgan fingerprint density at radius 2 is 1.75 bits per heavy atom. The van der Waals surface area contributed by atoms with E-state index in [1.165, 1.54) is 5.56 Å². The van der Waals surface area contributed by atoms with Gasteiger partial charge in [0.15, 0.2) is 0 Å². The highest BCUT2D eigenvalue weighted by atomic mass is 16.5. The molecule has 0 aliphatic heterocycles. The van der Waals surface area contributed by atoms with Crippen molar-refractivity contribution in [3.8, 4) is 5.75 Å². The second-order valence-corrected chi connectivity index (χ2v) is 6.54. The minimum atomic E-state index is -0.0961. The molecule has 0 spiro atoms. The van der Waals surface area contributed by atoms with E-state index in [1.807, 2.05) is 43.3 Å². The van der Waals surface area contributed by atoms with E-state index in [4.69, 9.17) is 4.74 Å². The smallest absolute Gasteiger partial charge is 0.256 e. The highest BCUT2D eigenvalue weighted by Gasteiger charge is 2.17. The van der Waals surface area contributed by atoms with Gasteiger partial charge < -0.3 is 10.1 Å². The zero-order chi connectivity index (χ0) is 17.7.